The Balaban J connectivity index is 4.31. The van der Waals surface area contributed by atoms with Crippen LogP contribution in [-0.2, 0) is 9.53 Å². The maximum atomic E-state index is 11.5. The van der Waals surface area contributed by atoms with Gasteiger partial charge in [0.1, 0.15) is 0 Å². The van der Waals surface area contributed by atoms with Gasteiger partial charge in [-0.05, 0) is 18.8 Å². The van der Waals surface area contributed by atoms with Crippen molar-refractivity contribution >= 4 is 5.97 Å². The first-order valence-corrected chi connectivity index (χ1v) is 6.44. The first kappa shape index (κ1) is 16.2. The molecule has 0 fully saturated rings. The largest absolute Gasteiger partial charge is 0.463 e. The molecule has 3 nitrogen and oxygen atoms in total. The zero-order chi connectivity index (χ0) is 13.4. The fraction of sp³-hybridized carbons (Fsp3) is 0.786. The van der Waals surface area contributed by atoms with Gasteiger partial charge in [0.05, 0.1) is 6.61 Å². The Hall–Kier alpha value is -0.830. The van der Waals surface area contributed by atoms with Crippen molar-refractivity contribution in [2.75, 3.05) is 26.2 Å². The van der Waals surface area contributed by atoms with Gasteiger partial charge in [0.2, 0.25) is 0 Å². The zero-order valence-electron chi connectivity index (χ0n) is 12.0. The number of esters is 1. The molecule has 0 bridgehead atoms. The van der Waals surface area contributed by atoms with E-state index in [1.165, 1.54) is 0 Å². The summed E-state index contributed by atoms with van der Waals surface area (Å²) in [6, 6.07) is 0. The van der Waals surface area contributed by atoms with Crippen molar-refractivity contribution < 1.29 is 9.53 Å². The summed E-state index contributed by atoms with van der Waals surface area (Å²) >= 11 is 0. The lowest BCUT2D eigenvalue weighted by molar-refractivity contribution is -0.138. The normalized spacial score (nSPS) is 11.3. The van der Waals surface area contributed by atoms with Crippen LogP contribution in [0.1, 0.15) is 34.6 Å². The molecular formula is C14H27NO2. The molecule has 0 aliphatic rings. The molecule has 0 saturated heterocycles. The second-order valence-corrected chi connectivity index (χ2v) is 5.31. The smallest absolute Gasteiger partial charge is 0.334 e. The van der Waals surface area contributed by atoms with Crippen molar-refractivity contribution in [1.29, 1.82) is 0 Å². The lowest BCUT2D eigenvalue weighted by Crippen LogP contribution is -2.34. The Morgan fingerprint density at radius 2 is 1.65 bits per heavy atom. The van der Waals surface area contributed by atoms with Gasteiger partial charge in [0.25, 0.3) is 0 Å². The number of nitrogens with zero attached hydrogens (tertiary/aromatic N) is 1. The second-order valence-electron chi connectivity index (χ2n) is 5.31. The number of carbonyl (C=O) groups excluding carboxylic acids is 1. The lowest BCUT2D eigenvalue weighted by atomic mass is 10.1. The van der Waals surface area contributed by atoms with Gasteiger partial charge in [-0.3, -0.25) is 4.90 Å². The van der Waals surface area contributed by atoms with Crippen LogP contribution in [0.4, 0.5) is 0 Å². The van der Waals surface area contributed by atoms with Crippen molar-refractivity contribution in [3.63, 3.8) is 0 Å². The standard InChI is InChI=1S/C14H27NO2/c1-7-17-14(16)13(6)10-15(8-11(2)3)9-12(4)5/h11-12H,6-10H2,1-5H3. The number of hydrogen-bond donors (Lipinski definition) is 0. The second kappa shape index (κ2) is 8.29. The van der Waals surface area contributed by atoms with Crippen LogP contribution >= 0.6 is 0 Å². The van der Waals surface area contributed by atoms with E-state index < -0.39 is 0 Å². The van der Waals surface area contributed by atoms with Crippen LogP contribution in [0, 0.1) is 11.8 Å². The number of ether oxygens (including phenoxy) is 1. The number of hydrogen-bond acceptors (Lipinski definition) is 3. The minimum absolute atomic E-state index is 0.273. The molecule has 100 valence electrons. The summed E-state index contributed by atoms with van der Waals surface area (Å²) < 4.78 is 4.95. The maximum absolute atomic E-state index is 11.5. The molecule has 0 N–H and O–H groups in total. The monoisotopic (exact) mass is 241 g/mol. The number of carbonyl (C=O) groups is 1. The van der Waals surface area contributed by atoms with E-state index in [0.717, 1.165) is 13.1 Å². The van der Waals surface area contributed by atoms with Gasteiger partial charge in [-0.15, -0.1) is 0 Å². The predicted molar refractivity (Wildman–Crippen MR) is 71.9 cm³/mol. The van der Waals surface area contributed by atoms with E-state index in [1.54, 1.807) is 0 Å². The molecule has 0 rings (SSSR count). The highest BCUT2D eigenvalue weighted by Crippen LogP contribution is 2.07. The summed E-state index contributed by atoms with van der Waals surface area (Å²) in [5, 5.41) is 0. The van der Waals surface area contributed by atoms with Gasteiger partial charge in [0.15, 0.2) is 0 Å². The zero-order valence-corrected chi connectivity index (χ0v) is 12.0. The van der Waals surface area contributed by atoms with Crippen molar-refractivity contribution in [2.24, 2.45) is 11.8 Å². The fourth-order valence-electron chi connectivity index (χ4n) is 1.80. The minimum atomic E-state index is -0.273. The van der Waals surface area contributed by atoms with Crippen LogP contribution in [0.15, 0.2) is 12.2 Å². The van der Waals surface area contributed by atoms with Crippen LogP contribution in [0.5, 0.6) is 0 Å². The summed E-state index contributed by atoms with van der Waals surface area (Å²) in [5.74, 6) is 0.900. The topological polar surface area (TPSA) is 29.5 Å². The molecule has 0 aromatic rings. The highest BCUT2D eigenvalue weighted by molar-refractivity contribution is 5.88. The van der Waals surface area contributed by atoms with Gasteiger partial charge in [-0.25, -0.2) is 4.79 Å². The third-order valence-corrected chi connectivity index (χ3v) is 2.23. The predicted octanol–water partition coefficient (Wildman–Crippen LogP) is 2.72. The SMILES string of the molecule is C=C(CN(CC(C)C)CC(C)C)C(=O)OCC. The Bertz CT molecular complexity index is 237. The molecule has 0 aromatic heterocycles. The molecule has 3 heteroatoms. The summed E-state index contributed by atoms with van der Waals surface area (Å²) in [5.41, 5.74) is 0.549. The first-order chi connectivity index (χ1) is 7.86. The summed E-state index contributed by atoms with van der Waals surface area (Å²) in [4.78, 5) is 13.8. The van der Waals surface area contributed by atoms with Gasteiger partial charge < -0.3 is 4.74 Å². The van der Waals surface area contributed by atoms with Crippen LogP contribution in [0.2, 0.25) is 0 Å². The van der Waals surface area contributed by atoms with Crippen LogP contribution in [0.3, 0.4) is 0 Å². The van der Waals surface area contributed by atoms with E-state index in [4.69, 9.17) is 4.74 Å². The quantitative estimate of drug-likeness (QED) is 0.483. The highest BCUT2D eigenvalue weighted by Gasteiger charge is 2.15. The van der Waals surface area contributed by atoms with Crippen molar-refractivity contribution in [3.8, 4) is 0 Å². The molecule has 0 atom stereocenters. The Kier molecular flexibility index (Phi) is 7.88. The summed E-state index contributed by atoms with van der Waals surface area (Å²) in [6.45, 7) is 17.3. The fourth-order valence-corrected chi connectivity index (χ4v) is 1.80. The third-order valence-electron chi connectivity index (χ3n) is 2.23. The average Bonchev–Trinajstić information content (AvgIpc) is 2.15. The molecule has 0 radical (unpaired) electrons. The van der Waals surface area contributed by atoms with E-state index in [0.29, 0.717) is 30.6 Å². The van der Waals surface area contributed by atoms with Gasteiger partial charge in [0, 0.05) is 25.2 Å². The molecule has 0 aliphatic heterocycles. The van der Waals surface area contributed by atoms with E-state index >= 15 is 0 Å². The van der Waals surface area contributed by atoms with Gasteiger partial charge in [-0.2, -0.15) is 0 Å². The maximum Gasteiger partial charge on any atom is 0.334 e. The van der Waals surface area contributed by atoms with Crippen LogP contribution in [0.25, 0.3) is 0 Å². The molecule has 0 unspecified atom stereocenters. The molecule has 0 saturated carbocycles. The third kappa shape index (κ3) is 7.97. The molecule has 0 aromatic carbocycles. The molecule has 0 heterocycles. The average molecular weight is 241 g/mol. The molecule has 0 amide bonds. The van der Waals surface area contributed by atoms with Crippen molar-refractivity contribution in [3.05, 3.63) is 12.2 Å². The Labute approximate surface area is 106 Å². The summed E-state index contributed by atoms with van der Waals surface area (Å²) in [7, 11) is 0. The molecule has 0 aliphatic carbocycles. The van der Waals surface area contributed by atoms with Gasteiger partial charge in [-0.1, -0.05) is 34.3 Å². The number of rotatable bonds is 8. The van der Waals surface area contributed by atoms with E-state index in [2.05, 4.69) is 39.2 Å². The molecule has 17 heavy (non-hydrogen) atoms. The van der Waals surface area contributed by atoms with Gasteiger partial charge >= 0.3 is 5.97 Å². The van der Waals surface area contributed by atoms with Crippen molar-refractivity contribution in [2.45, 2.75) is 34.6 Å². The molecule has 0 spiro atoms. The van der Waals surface area contributed by atoms with E-state index in [-0.39, 0.29) is 5.97 Å². The Morgan fingerprint density at radius 1 is 1.18 bits per heavy atom. The lowest BCUT2D eigenvalue weighted by Gasteiger charge is -2.26. The summed E-state index contributed by atoms with van der Waals surface area (Å²) in [6.07, 6.45) is 0. The van der Waals surface area contributed by atoms with Crippen LogP contribution in [-0.4, -0.2) is 37.1 Å². The molecular weight excluding hydrogens is 214 g/mol. The van der Waals surface area contributed by atoms with Crippen LogP contribution < -0.4 is 0 Å². The first-order valence-electron chi connectivity index (χ1n) is 6.44. The van der Waals surface area contributed by atoms with Crippen molar-refractivity contribution in [1.82, 2.24) is 4.90 Å². The minimum Gasteiger partial charge on any atom is -0.463 e. The Morgan fingerprint density at radius 3 is 2.00 bits per heavy atom. The highest BCUT2D eigenvalue weighted by atomic mass is 16.5. The van der Waals surface area contributed by atoms with E-state index in [1.807, 2.05) is 6.92 Å². The van der Waals surface area contributed by atoms with E-state index in [9.17, 15) is 4.79 Å².